The van der Waals surface area contributed by atoms with Gasteiger partial charge in [0.15, 0.2) is 0 Å². The first-order chi connectivity index (χ1) is 0. The summed E-state index contributed by atoms with van der Waals surface area (Å²) >= 11 is 0. The van der Waals surface area contributed by atoms with Crippen LogP contribution in [0.3, 0.4) is 0 Å². The van der Waals surface area contributed by atoms with E-state index < -0.39 is 0 Å². The van der Waals surface area contributed by atoms with E-state index in [1.165, 1.54) is 0 Å². The molecule has 0 aromatic heterocycles. The molecule has 5 heteroatoms. The number of hydrogen-bond acceptors (Lipinski definition) is 0. The fourth-order valence-electron chi connectivity index (χ4n) is 0. The first-order valence-corrected chi connectivity index (χ1v) is 0. The Kier molecular flexibility index (Phi) is 68200. The maximum atomic E-state index is 0. The molecule has 0 radical (unpaired) electrons. The Morgan fingerprint density at radius 1 is 0.400 bits per heavy atom. The maximum Gasteiger partial charge on any atom is 3.00 e. The molecule has 4 nitrogen and oxygen atoms in total. The van der Waals surface area contributed by atoms with Crippen molar-refractivity contribution in [1.82, 2.24) is 0 Å². The van der Waals surface area contributed by atoms with Gasteiger partial charge in [-0.15, -0.1) is 0 Å². The van der Waals surface area contributed by atoms with Gasteiger partial charge < -0.3 is 24.6 Å². The number of rotatable bonds is 0. The molecule has 0 rings (SSSR count). The summed E-state index contributed by atoms with van der Waals surface area (Å²) in [5.74, 6) is 0. The predicted octanol–water partition coefficient (Wildman–Crippen LogP) is 2.87. The van der Waals surface area contributed by atoms with Crippen molar-refractivity contribution in [3.05, 3.63) is 24.6 Å². The number of nitrogens with two attached hydrogens (primary N) is 4. The molecule has 0 heterocycles. The Morgan fingerprint density at radius 2 is 0.400 bits per heavy atom. The topological polar surface area (TPSA) is 134 Å². The Morgan fingerprint density at radius 3 is 0.400 bits per heavy atom. The summed E-state index contributed by atoms with van der Waals surface area (Å²) in [4.78, 5) is 0. The van der Waals surface area contributed by atoms with E-state index in [4.69, 9.17) is 0 Å². The third-order valence-corrected chi connectivity index (χ3v) is 0. The number of hydrogen-bond donors (Lipinski definition) is 0. The minimum absolute atomic E-state index is 0. The molecule has 0 saturated heterocycles. The molecule has 0 atom stereocenters. The van der Waals surface area contributed by atoms with Gasteiger partial charge in [-0.05, 0) is 0 Å². The standard InChI is InChI=1S/Co.4H2N/h;4*1H2/q+3;4*-1. The van der Waals surface area contributed by atoms with Crippen molar-refractivity contribution in [3.8, 4) is 0 Å². The summed E-state index contributed by atoms with van der Waals surface area (Å²) in [7, 11) is 0. The van der Waals surface area contributed by atoms with Gasteiger partial charge in [-0.25, -0.2) is 0 Å². The van der Waals surface area contributed by atoms with Crippen LogP contribution < -0.4 is 0 Å². The Labute approximate surface area is 42.2 Å². The van der Waals surface area contributed by atoms with E-state index in [1.54, 1.807) is 0 Å². The van der Waals surface area contributed by atoms with Gasteiger partial charge in [-0.3, -0.25) is 0 Å². The van der Waals surface area contributed by atoms with Gasteiger partial charge >= 0.3 is 16.8 Å². The van der Waals surface area contributed by atoms with Crippen LogP contribution in [0, 0.1) is 0 Å². The molecule has 0 saturated carbocycles. The van der Waals surface area contributed by atoms with Crippen molar-refractivity contribution in [2.45, 2.75) is 0 Å². The van der Waals surface area contributed by atoms with Crippen LogP contribution in [-0.4, -0.2) is 0 Å². The zero-order valence-corrected chi connectivity index (χ0v) is 3.68. The molecule has 0 fully saturated rings. The third kappa shape index (κ3) is 199. The molecular weight excluding hydrogens is 115 g/mol. The Hall–Kier alpha value is 0.346. The van der Waals surface area contributed by atoms with Crippen LogP contribution in [0.4, 0.5) is 0 Å². The molecule has 8 N–H and O–H groups in total. The molecule has 0 aliphatic heterocycles. The SMILES string of the molecule is [Co+3].[NH2-].[NH2-].[NH2-].[NH2-]. The fraction of sp³-hybridized carbons (Fsp3) is 0. The van der Waals surface area contributed by atoms with Gasteiger partial charge in [0.2, 0.25) is 0 Å². The van der Waals surface area contributed by atoms with E-state index in [0.717, 1.165) is 0 Å². The molecule has 0 aliphatic rings. The minimum atomic E-state index is 0. The third-order valence-electron chi connectivity index (χ3n) is 0. The van der Waals surface area contributed by atoms with Gasteiger partial charge in [0.25, 0.3) is 0 Å². The molecule has 0 unspecified atom stereocenters. The van der Waals surface area contributed by atoms with Crippen LogP contribution in [0.2, 0.25) is 0 Å². The molecule has 0 aliphatic carbocycles. The fourth-order valence-corrected chi connectivity index (χ4v) is 0. The molecule has 0 bridgehead atoms. The summed E-state index contributed by atoms with van der Waals surface area (Å²) in [5.41, 5.74) is 0. The van der Waals surface area contributed by atoms with Crippen molar-refractivity contribution in [3.63, 3.8) is 0 Å². The van der Waals surface area contributed by atoms with Crippen LogP contribution in [0.15, 0.2) is 0 Å². The summed E-state index contributed by atoms with van der Waals surface area (Å²) in [5, 5.41) is 0. The summed E-state index contributed by atoms with van der Waals surface area (Å²) in [6, 6.07) is 0. The zero-order valence-electron chi connectivity index (χ0n) is 2.64. The van der Waals surface area contributed by atoms with Crippen LogP contribution in [0.5, 0.6) is 0 Å². The van der Waals surface area contributed by atoms with Crippen LogP contribution in [0.1, 0.15) is 0 Å². The molecule has 0 aromatic carbocycles. The Bertz CT molecular complexity index is 3.61. The van der Waals surface area contributed by atoms with E-state index in [-0.39, 0.29) is 41.4 Å². The molecule has 0 aromatic rings. The second-order valence-electron chi connectivity index (χ2n) is 0. The summed E-state index contributed by atoms with van der Waals surface area (Å²) in [6.07, 6.45) is 0. The molecule has 0 spiro atoms. The zero-order chi connectivity index (χ0) is 0. The Balaban J connectivity index is 0. The van der Waals surface area contributed by atoms with Crippen LogP contribution in [-0.2, 0) is 16.8 Å². The quantitative estimate of drug-likeness (QED) is 0.468. The van der Waals surface area contributed by atoms with Gasteiger partial charge in [0.1, 0.15) is 0 Å². The van der Waals surface area contributed by atoms with Crippen LogP contribution in [0.25, 0.3) is 24.6 Å². The first-order valence-electron chi connectivity index (χ1n) is 0. The van der Waals surface area contributed by atoms with Crippen molar-refractivity contribution in [2.75, 3.05) is 0 Å². The van der Waals surface area contributed by atoms with Gasteiger partial charge in [0, 0.05) is 0 Å². The van der Waals surface area contributed by atoms with Crippen molar-refractivity contribution in [2.24, 2.45) is 0 Å². The van der Waals surface area contributed by atoms with Gasteiger partial charge in [0.05, 0.1) is 0 Å². The average Bonchev–Trinajstić information content (AvgIpc) is 0. The second kappa shape index (κ2) is 405. The second-order valence-corrected chi connectivity index (χ2v) is 0. The van der Waals surface area contributed by atoms with E-state index >= 15 is 0 Å². The van der Waals surface area contributed by atoms with E-state index in [2.05, 4.69) is 0 Å². The predicted molar refractivity (Wildman–Crippen MR) is 21.1 cm³/mol. The monoisotopic (exact) mass is 123 g/mol. The van der Waals surface area contributed by atoms with E-state index in [1.807, 2.05) is 0 Å². The average molecular weight is 123 g/mol. The smallest absolute Gasteiger partial charge is 0.693 e. The van der Waals surface area contributed by atoms with Crippen molar-refractivity contribution >= 4 is 0 Å². The minimum Gasteiger partial charge on any atom is -0.693 e. The molecule has 38 valence electrons. The normalized spacial score (nSPS) is 0. The van der Waals surface area contributed by atoms with Crippen molar-refractivity contribution in [1.29, 1.82) is 0 Å². The molecule has 0 amide bonds. The maximum absolute atomic E-state index is 0. The van der Waals surface area contributed by atoms with Gasteiger partial charge in [-0.1, -0.05) is 0 Å². The molecule has 5 heavy (non-hydrogen) atoms. The first kappa shape index (κ1) is 841. The molecular formula is H8CoN4-. The largest absolute Gasteiger partial charge is 3.00 e. The van der Waals surface area contributed by atoms with E-state index in [9.17, 15) is 0 Å². The van der Waals surface area contributed by atoms with Crippen LogP contribution >= 0.6 is 0 Å². The van der Waals surface area contributed by atoms with Gasteiger partial charge in [-0.2, -0.15) is 0 Å². The summed E-state index contributed by atoms with van der Waals surface area (Å²) in [6.45, 7) is 0. The van der Waals surface area contributed by atoms with Crippen molar-refractivity contribution < 1.29 is 16.8 Å². The van der Waals surface area contributed by atoms with E-state index in [0.29, 0.717) is 0 Å². The summed E-state index contributed by atoms with van der Waals surface area (Å²) < 4.78 is 0.